The molecule has 0 amide bonds. The van der Waals surface area contributed by atoms with E-state index in [2.05, 4.69) is 9.05 Å². The van der Waals surface area contributed by atoms with Gasteiger partial charge in [0.2, 0.25) is 0 Å². The highest BCUT2D eigenvalue weighted by Crippen LogP contribution is 2.45. The molecule has 0 aromatic carbocycles. The highest BCUT2D eigenvalue weighted by Gasteiger charge is 2.17. The van der Waals surface area contributed by atoms with E-state index in [9.17, 15) is 4.57 Å². The first kappa shape index (κ1) is 9.89. The number of allylic oxidation sites excluding steroid dienone is 2. The van der Waals surface area contributed by atoms with Crippen LogP contribution < -0.4 is 0 Å². The maximum absolute atomic E-state index is 11.2. The quantitative estimate of drug-likeness (QED) is 0.471. The molecule has 60 valence electrons. The van der Waals surface area contributed by atoms with Gasteiger partial charge in [-0.3, -0.25) is 4.57 Å². The molecule has 0 aromatic rings. The van der Waals surface area contributed by atoms with Gasteiger partial charge in [0.15, 0.2) is 0 Å². The fourth-order valence-corrected chi connectivity index (χ4v) is 1.37. The maximum atomic E-state index is 11.2. The van der Waals surface area contributed by atoms with Crippen LogP contribution in [-0.4, -0.2) is 20.4 Å². The van der Waals surface area contributed by atoms with Gasteiger partial charge in [0.05, 0.1) is 6.16 Å². The van der Waals surface area contributed by atoms with E-state index in [0.29, 0.717) is 6.16 Å². The van der Waals surface area contributed by atoms with Crippen LogP contribution in [0.25, 0.3) is 0 Å². The van der Waals surface area contributed by atoms with Gasteiger partial charge in [-0.05, 0) is 6.92 Å². The fourth-order valence-electron chi connectivity index (χ4n) is 0.458. The summed E-state index contributed by atoms with van der Waals surface area (Å²) in [5.41, 5.74) is 0. The van der Waals surface area contributed by atoms with E-state index in [1.54, 1.807) is 6.08 Å². The molecule has 0 N–H and O–H groups in total. The van der Waals surface area contributed by atoms with Crippen LogP contribution in [0, 0.1) is 0 Å². The van der Waals surface area contributed by atoms with E-state index < -0.39 is 7.60 Å². The summed E-state index contributed by atoms with van der Waals surface area (Å²) in [6.07, 6.45) is 3.91. The summed E-state index contributed by atoms with van der Waals surface area (Å²) in [7, 11) is -0.0190. The van der Waals surface area contributed by atoms with Gasteiger partial charge in [0.25, 0.3) is 0 Å². The zero-order valence-corrected chi connectivity index (χ0v) is 7.43. The molecule has 0 fully saturated rings. The summed E-state index contributed by atoms with van der Waals surface area (Å²) in [6.45, 7) is 1.86. The van der Waals surface area contributed by atoms with Crippen molar-refractivity contribution in [2.75, 3.05) is 20.4 Å². The largest absolute Gasteiger partial charge is 0.333 e. The van der Waals surface area contributed by atoms with E-state index in [4.69, 9.17) is 0 Å². The third-order valence-electron chi connectivity index (χ3n) is 1.12. The summed E-state index contributed by atoms with van der Waals surface area (Å²) in [6, 6.07) is 0. The molecule has 0 aliphatic carbocycles. The number of rotatable bonds is 4. The molecule has 0 heterocycles. The first-order chi connectivity index (χ1) is 4.68. The molecule has 0 unspecified atom stereocenters. The van der Waals surface area contributed by atoms with Crippen LogP contribution in [-0.2, 0) is 13.6 Å². The first-order valence-electron chi connectivity index (χ1n) is 3.00. The molecule has 0 aliphatic heterocycles. The highest BCUT2D eigenvalue weighted by molar-refractivity contribution is 7.54. The minimum absolute atomic E-state index is 0.344. The molecule has 3 nitrogen and oxygen atoms in total. The summed E-state index contributed by atoms with van der Waals surface area (Å²) in [4.78, 5) is 0. The SMILES string of the molecule is C/C=C/CP(=O)(OC)OC. The van der Waals surface area contributed by atoms with Crippen molar-refractivity contribution < 1.29 is 13.6 Å². The van der Waals surface area contributed by atoms with Crippen molar-refractivity contribution in [3.05, 3.63) is 12.2 Å². The molecule has 0 aromatic heterocycles. The van der Waals surface area contributed by atoms with Gasteiger partial charge in [-0.25, -0.2) is 0 Å². The second kappa shape index (κ2) is 4.67. The summed E-state index contributed by atoms with van der Waals surface area (Å²) >= 11 is 0. The van der Waals surface area contributed by atoms with Gasteiger partial charge in [0.1, 0.15) is 0 Å². The van der Waals surface area contributed by atoms with Gasteiger partial charge in [-0.15, -0.1) is 0 Å². The minimum atomic E-state index is -2.78. The molecule has 0 bridgehead atoms. The predicted octanol–water partition coefficient (Wildman–Crippen LogP) is 2.05. The normalized spacial score (nSPS) is 12.7. The monoisotopic (exact) mass is 164 g/mol. The van der Waals surface area contributed by atoms with Crippen LogP contribution in [0.15, 0.2) is 12.2 Å². The second-order valence-corrected chi connectivity index (χ2v) is 4.04. The number of hydrogen-bond donors (Lipinski definition) is 0. The lowest BCUT2D eigenvalue weighted by atomic mass is 10.6. The molecular weight excluding hydrogens is 151 g/mol. The Bertz CT molecular complexity index is 145. The van der Waals surface area contributed by atoms with Crippen molar-refractivity contribution in [1.82, 2.24) is 0 Å². The average Bonchev–Trinajstić information content (AvgIpc) is 2.00. The van der Waals surface area contributed by atoms with Gasteiger partial charge in [-0.2, -0.15) is 0 Å². The molecule has 0 saturated heterocycles. The predicted molar refractivity (Wildman–Crippen MR) is 41.3 cm³/mol. The molecule has 0 radical (unpaired) electrons. The van der Waals surface area contributed by atoms with Crippen molar-refractivity contribution in [2.45, 2.75) is 6.92 Å². The Hall–Kier alpha value is -0.110. The lowest BCUT2D eigenvalue weighted by molar-refractivity contribution is 0.279. The van der Waals surface area contributed by atoms with Crippen molar-refractivity contribution in [3.63, 3.8) is 0 Å². The van der Waals surface area contributed by atoms with E-state index in [-0.39, 0.29) is 0 Å². The van der Waals surface area contributed by atoms with Gasteiger partial charge in [0, 0.05) is 14.2 Å². The molecule has 0 atom stereocenters. The van der Waals surface area contributed by atoms with Crippen LogP contribution in [0.1, 0.15) is 6.92 Å². The van der Waals surface area contributed by atoms with E-state index >= 15 is 0 Å². The summed E-state index contributed by atoms with van der Waals surface area (Å²) in [5.74, 6) is 0. The molecule has 0 saturated carbocycles. The van der Waals surface area contributed by atoms with Crippen LogP contribution in [0.5, 0.6) is 0 Å². The van der Waals surface area contributed by atoms with Crippen LogP contribution >= 0.6 is 7.60 Å². The van der Waals surface area contributed by atoms with Crippen molar-refractivity contribution in [3.8, 4) is 0 Å². The van der Waals surface area contributed by atoms with Gasteiger partial charge in [-0.1, -0.05) is 12.2 Å². The molecule has 4 heteroatoms. The van der Waals surface area contributed by atoms with Crippen molar-refractivity contribution in [1.29, 1.82) is 0 Å². The summed E-state index contributed by atoms with van der Waals surface area (Å²) < 4.78 is 20.6. The van der Waals surface area contributed by atoms with E-state index in [1.165, 1.54) is 14.2 Å². The Balaban J connectivity index is 3.94. The molecular formula is C6H13O3P. The van der Waals surface area contributed by atoms with E-state index in [0.717, 1.165) is 0 Å². The van der Waals surface area contributed by atoms with Gasteiger partial charge < -0.3 is 9.05 Å². The molecule has 0 aliphatic rings. The molecule has 0 spiro atoms. The van der Waals surface area contributed by atoms with E-state index in [1.807, 2.05) is 13.0 Å². The molecule has 0 rings (SSSR count). The highest BCUT2D eigenvalue weighted by atomic mass is 31.2. The average molecular weight is 164 g/mol. The van der Waals surface area contributed by atoms with Crippen LogP contribution in [0.2, 0.25) is 0 Å². The Labute approximate surface area is 61.6 Å². The van der Waals surface area contributed by atoms with Crippen LogP contribution in [0.4, 0.5) is 0 Å². The summed E-state index contributed by atoms with van der Waals surface area (Å²) in [5, 5.41) is 0. The molecule has 10 heavy (non-hydrogen) atoms. The smallest absolute Gasteiger partial charge is 0.312 e. The Morgan fingerprint density at radius 3 is 2.20 bits per heavy atom. The zero-order valence-electron chi connectivity index (χ0n) is 6.53. The lowest BCUT2D eigenvalue weighted by Crippen LogP contribution is -1.90. The van der Waals surface area contributed by atoms with Crippen molar-refractivity contribution in [2.24, 2.45) is 0 Å². The third-order valence-corrected chi connectivity index (χ3v) is 2.89. The zero-order chi connectivity index (χ0) is 8.04. The topological polar surface area (TPSA) is 35.5 Å². The lowest BCUT2D eigenvalue weighted by Gasteiger charge is -2.09. The fraction of sp³-hybridized carbons (Fsp3) is 0.667. The Kier molecular flexibility index (Phi) is 4.62. The standard InChI is InChI=1S/C6H13O3P/c1-4-5-6-10(7,8-2)9-3/h4-5H,6H2,1-3H3/b5-4+. The Morgan fingerprint density at radius 1 is 1.40 bits per heavy atom. The minimum Gasteiger partial charge on any atom is -0.312 e. The first-order valence-corrected chi connectivity index (χ1v) is 4.73. The third kappa shape index (κ3) is 3.16. The Morgan fingerprint density at radius 2 is 1.90 bits per heavy atom. The van der Waals surface area contributed by atoms with Gasteiger partial charge >= 0.3 is 7.60 Å². The second-order valence-electron chi connectivity index (χ2n) is 1.73. The maximum Gasteiger partial charge on any atom is 0.333 e. The number of hydrogen-bond acceptors (Lipinski definition) is 3. The van der Waals surface area contributed by atoms with Crippen molar-refractivity contribution >= 4 is 7.60 Å². The van der Waals surface area contributed by atoms with Crippen LogP contribution in [0.3, 0.4) is 0 Å².